The summed E-state index contributed by atoms with van der Waals surface area (Å²) in [5, 5.41) is 6.20. The van der Waals surface area contributed by atoms with E-state index in [-0.39, 0.29) is 29.9 Å². The number of likely N-dealkylation sites (N-methyl/N-ethyl adjacent to an activating group) is 1. The van der Waals surface area contributed by atoms with Crippen LogP contribution in [-0.2, 0) is 9.59 Å². The van der Waals surface area contributed by atoms with Gasteiger partial charge in [0, 0.05) is 12.3 Å². The quantitative estimate of drug-likeness (QED) is 0.616. The van der Waals surface area contributed by atoms with E-state index in [9.17, 15) is 9.59 Å². The van der Waals surface area contributed by atoms with Crippen molar-refractivity contribution < 1.29 is 9.59 Å². The zero-order valence-electron chi connectivity index (χ0n) is 13.9. The van der Waals surface area contributed by atoms with Crippen molar-refractivity contribution in [3.63, 3.8) is 0 Å². The molecule has 0 fully saturated rings. The molecule has 1 rings (SSSR count). The van der Waals surface area contributed by atoms with E-state index in [1.165, 1.54) is 0 Å². The molecule has 22 heavy (non-hydrogen) atoms. The Labute approximate surface area is 133 Å². The summed E-state index contributed by atoms with van der Waals surface area (Å²) in [6.07, 6.45) is 3.14. The van der Waals surface area contributed by atoms with E-state index in [1.54, 1.807) is 6.92 Å². The van der Waals surface area contributed by atoms with Crippen LogP contribution in [0.4, 0.5) is 0 Å². The lowest BCUT2D eigenvalue weighted by Gasteiger charge is -2.19. The lowest BCUT2D eigenvalue weighted by Crippen LogP contribution is -2.35. The van der Waals surface area contributed by atoms with Crippen LogP contribution in [0.2, 0.25) is 0 Å². The van der Waals surface area contributed by atoms with Crippen molar-refractivity contribution in [1.29, 1.82) is 0 Å². The normalized spacial score (nSPS) is 13.6. The molecule has 0 aliphatic heterocycles. The number of nitrogens with one attached hydrogen (secondary N) is 2. The number of carbonyl (C=O) groups is 2. The summed E-state index contributed by atoms with van der Waals surface area (Å²) < 4.78 is 0. The van der Waals surface area contributed by atoms with E-state index >= 15 is 0 Å². The Morgan fingerprint density at radius 2 is 1.77 bits per heavy atom. The highest BCUT2D eigenvalue weighted by Crippen LogP contribution is 2.22. The number of rotatable bonds is 11. The molecule has 4 nitrogen and oxygen atoms in total. The molecule has 0 amide bonds. The first-order valence-electron chi connectivity index (χ1n) is 8.00. The molecule has 0 aliphatic rings. The summed E-state index contributed by atoms with van der Waals surface area (Å²) in [6, 6.07) is 9.40. The second-order valence-electron chi connectivity index (χ2n) is 5.68. The number of Topliss-reactive ketones (excluding diaryl/α,β-unsaturated/α-hetero) is 2. The Balaban J connectivity index is 2.63. The van der Waals surface area contributed by atoms with Crippen molar-refractivity contribution in [2.24, 2.45) is 0 Å². The molecule has 0 saturated carbocycles. The third kappa shape index (κ3) is 6.08. The van der Waals surface area contributed by atoms with Gasteiger partial charge in [-0.25, -0.2) is 0 Å². The van der Waals surface area contributed by atoms with Crippen LogP contribution in [0.1, 0.15) is 44.1 Å². The van der Waals surface area contributed by atoms with Gasteiger partial charge in [0.15, 0.2) is 5.78 Å². The Morgan fingerprint density at radius 1 is 1.09 bits per heavy atom. The second kappa shape index (κ2) is 10.2. The van der Waals surface area contributed by atoms with Gasteiger partial charge in [0.1, 0.15) is 5.78 Å². The van der Waals surface area contributed by atoms with Crippen LogP contribution in [0.25, 0.3) is 0 Å². The maximum atomic E-state index is 12.5. The van der Waals surface area contributed by atoms with Crippen molar-refractivity contribution in [3.8, 4) is 0 Å². The van der Waals surface area contributed by atoms with Crippen LogP contribution < -0.4 is 10.6 Å². The van der Waals surface area contributed by atoms with Crippen LogP contribution in [0.5, 0.6) is 0 Å². The van der Waals surface area contributed by atoms with E-state index in [2.05, 4.69) is 10.6 Å². The molecular formula is C18H28N2O2. The zero-order chi connectivity index (χ0) is 16.4. The van der Waals surface area contributed by atoms with Crippen LogP contribution in [0, 0.1) is 0 Å². The summed E-state index contributed by atoms with van der Waals surface area (Å²) in [6.45, 7) is 2.52. The molecule has 2 atom stereocenters. The van der Waals surface area contributed by atoms with Crippen molar-refractivity contribution in [1.82, 2.24) is 10.6 Å². The Morgan fingerprint density at radius 3 is 2.32 bits per heavy atom. The summed E-state index contributed by atoms with van der Waals surface area (Å²) in [5.74, 6) is -0.164. The summed E-state index contributed by atoms with van der Waals surface area (Å²) in [7, 11) is 3.74. The van der Waals surface area contributed by atoms with E-state index in [0.29, 0.717) is 0 Å². The van der Waals surface area contributed by atoms with Gasteiger partial charge in [-0.3, -0.25) is 9.59 Å². The first kappa shape index (κ1) is 18.5. The Bertz CT molecular complexity index is 459. The van der Waals surface area contributed by atoms with Crippen molar-refractivity contribution in [2.75, 3.05) is 20.6 Å². The van der Waals surface area contributed by atoms with E-state index in [1.807, 2.05) is 44.4 Å². The molecule has 4 heteroatoms. The molecule has 1 aromatic rings. The molecule has 1 aromatic carbocycles. The highest BCUT2D eigenvalue weighted by atomic mass is 16.1. The average Bonchev–Trinajstić information content (AvgIpc) is 2.53. The first-order valence-corrected chi connectivity index (χ1v) is 8.00. The van der Waals surface area contributed by atoms with Gasteiger partial charge in [0.25, 0.3) is 0 Å². The first-order chi connectivity index (χ1) is 10.6. The molecule has 0 spiro atoms. The minimum atomic E-state index is -0.332. The Hall–Kier alpha value is -1.52. The SMILES string of the molecule is CNCCCCC(NC)C(=O)CC(C(C)=O)c1ccccc1. The van der Waals surface area contributed by atoms with Crippen LogP contribution in [0.3, 0.4) is 0 Å². The molecule has 122 valence electrons. The van der Waals surface area contributed by atoms with Gasteiger partial charge in [0.05, 0.1) is 6.04 Å². The van der Waals surface area contributed by atoms with Crippen molar-refractivity contribution in [2.45, 2.75) is 44.6 Å². The van der Waals surface area contributed by atoms with Gasteiger partial charge in [-0.2, -0.15) is 0 Å². The van der Waals surface area contributed by atoms with Gasteiger partial charge in [-0.15, -0.1) is 0 Å². The number of carbonyl (C=O) groups excluding carboxylic acids is 2. The second-order valence-corrected chi connectivity index (χ2v) is 5.68. The Kier molecular flexibility index (Phi) is 8.63. The van der Waals surface area contributed by atoms with Gasteiger partial charge in [-0.1, -0.05) is 36.8 Å². The predicted octanol–water partition coefficient (Wildman–Crippen LogP) is 2.30. The fourth-order valence-corrected chi connectivity index (χ4v) is 2.64. The number of benzene rings is 1. The van der Waals surface area contributed by atoms with Gasteiger partial charge in [0.2, 0.25) is 0 Å². The maximum Gasteiger partial charge on any atom is 0.150 e. The number of hydrogen-bond donors (Lipinski definition) is 2. The van der Waals surface area contributed by atoms with Crippen LogP contribution in [0.15, 0.2) is 30.3 Å². The summed E-state index contributed by atoms with van der Waals surface area (Å²) in [4.78, 5) is 24.4. The van der Waals surface area contributed by atoms with Crippen molar-refractivity contribution in [3.05, 3.63) is 35.9 Å². The highest BCUT2D eigenvalue weighted by Gasteiger charge is 2.24. The fraction of sp³-hybridized carbons (Fsp3) is 0.556. The lowest BCUT2D eigenvalue weighted by molar-refractivity contribution is -0.125. The van der Waals surface area contributed by atoms with Gasteiger partial charge in [-0.05, 0) is 46.0 Å². The lowest BCUT2D eigenvalue weighted by atomic mass is 9.88. The molecule has 0 aromatic heterocycles. The van der Waals surface area contributed by atoms with E-state index < -0.39 is 0 Å². The predicted molar refractivity (Wildman–Crippen MR) is 90.1 cm³/mol. The van der Waals surface area contributed by atoms with E-state index in [0.717, 1.165) is 31.4 Å². The van der Waals surface area contributed by atoms with E-state index in [4.69, 9.17) is 0 Å². The molecule has 0 heterocycles. The third-order valence-corrected chi connectivity index (χ3v) is 4.00. The zero-order valence-corrected chi connectivity index (χ0v) is 13.9. The molecule has 0 bridgehead atoms. The standard InChI is InChI=1S/C18H28N2O2/c1-14(21)16(15-9-5-4-6-10-15)13-18(22)17(20-3)11-7-8-12-19-2/h4-6,9-10,16-17,19-20H,7-8,11-13H2,1-3H3. The molecule has 0 saturated heterocycles. The van der Waals surface area contributed by atoms with Gasteiger partial charge < -0.3 is 10.6 Å². The van der Waals surface area contributed by atoms with Crippen LogP contribution >= 0.6 is 0 Å². The molecule has 2 N–H and O–H groups in total. The number of ketones is 2. The largest absolute Gasteiger partial charge is 0.320 e. The topological polar surface area (TPSA) is 58.2 Å². The highest BCUT2D eigenvalue weighted by molar-refractivity contribution is 5.92. The van der Waals surface area contributed by atoms with Gasteiger partial charge >= 0.3 is 0 Å². The summed E-state index contributed by atoms with van der Waals surface area (Å²) in [5.41, 5.74) is 0.924. The number of hydrogen-bond acceptors (Lipinski definition) is 4. The summed E-state index contributed by atoms with van der Waals surface area (Å²) >= 11 is 0. The minimum Gasteiger partial charge on any atom is -0.320 e. The number of unbranched alkanes of at least 4 members (excludes halogenated alkanes) is 1. The molecule has 0 radical (unpaired) electrons. The monoisotopic (exact) mass is 304 g/mol. The molecule has 2 unspecified atom stereocenters. The molecular weight excluding hydrogens is 276 g/mol. The smallest absolute Gasteiger partial charge is 0.150 e. The maximum absolute atomic E-state index is 12.5. The minimum absolute atomic E-state index is 0.0459. The third-order valence-electron chi connectivity index (χ3n) is 4.00. The molecule has 0 aliphatic carbocycles. The van der Waals surface area contributed by atoms with Crippen molar-refractivity contribution >= 4 is 11.6 Å². The fourth-order valence-electron chi connectivity index (χ4n) is 2.64. The van der Waals surface area contributed by atoms with Crippen LogP contribution in [-0.4, -0.2) is 38.2 Å². The average molecular weight is 304 g/mol.